The summed E-state index contributed by atoms with van der Waals surface area (Å²) in [6.45, 7) is 2.75. The summed E-state index contributed by atoms with van der Waals surface area (Å²) in [6.07, 6.45) is 7.37. The van der Waals surface area contributed by atoms with Crippen molar-refractivity contribution in [2.24, 2.45) is 0 Å². The molecule has 0 N–H and O–H groups in total. The van der Waals surface area contributed by atoms with Gasteiger partial charge in [0.2, 0.25) is 4.77 Å². The van der Waals surface area contributed by atoms with Crippen LogP contribution in [0.5, 0.6) is 0 Å². The molecule has 5 nitrogen and oxygen atoms in total. The minimum absolute atomic E-state index is 0.451. The minimum Gasteiger partial charge on any atom is -0.280 e. The van der Waals surface area contributed by atoms with Crippen LogP contribution in [0.15, 0.2) is 24.3 Å². The molecule has 0 spiro atoms. The van der Waals surface area contributed by atoms with Crippen LogP contribution in [0, 0.1) is 4.77 Å². The molecule has 0 unspecified atom stereocenters. The third-order valence-electron chi connectivity index (χ3n) is 5.13. The molecule has 4 rings (SSSR count). The van der Waals surface area contributed by atoms with Gasteiger partial charge in [0.05, 0.1) is 12.7 Å². The first-order valence-corrected chi connectivity index (χ1v) is 9.03. The summed E-state index contributed by atoms with van der Waals surface area (Å²) in [7, 11) is 0. The van der Waals surface area contributed by atoms with E-state index in [1.54, 1.807) is 0 Å². The van der Waals surface area contributed by atoms with Crippen molar-refractivity contribution in [1.29, 1.82) is 0 Å². The Labute approximate surface area is 141 Å². The van der Waals surface area contributed by atoms with Gasteiger partial charge in [0.1, 0.15) is 0 Å². The highest BCUT2D eigenvalue weighted by Crippen LogP contribution is 2.27. The maximum atomic E-state index is 5.63. The van der Waals surface area contributed by atoms with E-state index in [1.807, 2.05) is 9.36 Å². The fraction of sp³-hybridized carbons (Fsp3) is 0.588. The van der Waals surface area contributed by atoms with Crippen molar-refractivity contribution in [2.45, 2.75) is 57.8 Å². The van der Waals surface area contributed by atoms with Gasteiger partial charge in [0.25, 0.3) is 0 Å². The van der Waals surface area contributed by atoms with E-state index >= 15 is 0 Å². The highest BCUT2D eigenvalue weighted by molar-refractivity contribution is 7.71. The van der Waals surface area contributed by atoms with Crippen molar-refractivity contribution in [1.82, 2.24) is 24.7 Å². The van der Waals surface area contributed by atoms with Gasteiger partial charge >= 0.3 is 0 Å². The Balaban J connectivity index is 1.48. The molecular weight excluding hydrogens is 306 g/mol. The van der Waals surface area contributed by atoms with E-state index in [-0.39, 0.29) is 0 Å². The van der Waals surface area contributed by atoms with Crippen LogP contribution in [0.1, 0.15) is 49.3 Å². The lowest BCUT2D eigenvalue weighted by Crippen LogP contribution is -2.32. The standard InChI is InChI=1S/C17H23N5S/c23-17-21(18-19-22(17)16-8-2-1-3-9-16)13-20-11-10-14-6-4-5-7-15(14)12-20/h4-7,16H,1-3,8-13H2. The highest BCUT2D eigenvalue weighted by Gasteiger charge is 2.20. The number of hydrogen-bond donors (Lipinski definition) is 0. The van der Waals surface area contributed by atoms with Crippen LogP contribution in [-0.4, -0.2) is 31.2 Å². The first-order valence-electron chi connectivity index (χ1n) is 8.63. The normalized spacial score (nSPS) is 19.7. The number of fused-ring (bicyclic) bond motifs is 1. The van der Waals surface area contributed by atoms with E-state index in [9.17, 15) is 0 Å². The van der Waals surface area contributed by atoms with Crippen LogP contribution in [0.2, 0.25) is 0 Å². The molecule has 2 heterocycles. The molecule has 122 valence electrons. The molecule has 1 aromatic heterocycles. The van der Waals surface area contributed by atoms with Crippen molar-refractivity contribution < 1.29 is 0 Å². The van der Waals surface area contributed by atoms with Crippen LogP contribution in [0.25, 0.3) is 0 Å². The second kappa shape index (κ2) is 6.53. The van der Waals surface area contributed by atoms with E-state index in [2.05, 4.69) is 39.6 Å². The molecule has 6 heteroatoms. The Bertz CT molecular complexity index is 729. The zero-order chi connectivity index (χ0) is 15.6. The molecular formula is C17H23N5S. The van der Waals surface area contributed by atoms with E-state index in [1.165, 1.54) is 43.2 Å². The minimum atomic E-state index is 0.451. The topological polar surface area (TPSA) is 38.9 Å². The van der Waals surface area contributed by atoms with Crippen molar-refractivity contribution in [3.8, 4) is 0 Å². The molecule has 0 saturated heterocycles. The maximum Gasteiger partial charge on any atom is 0.217 e. The molecule has 1 aliphatic carbocycles. The Kier molecular flexibility index (Phi) is 4.27. The Morgan fingerprint density at radius 3 is 2.65 bits per heavy atom. The molecule has 0 atom stereocenters. The number of rotatable bonds is 3. The van der Waals surface area contributed by atoms with E-state index in [0.717, 1.165) is 31.0 Å². The Morgan fingerprint density at radius 2 is 1.83 bits per heavy atom. The predicted octanol–water partition coefficient (Wildman–Crippen LogP) is 3.33. The molecule has 2 aliphatic rings. The van der Waals surface area contributed by atoms with Gasteiger partial charge in [-0.2, -0.15) is 0 Å². The number of hydrogen-bond acceptors (Lipinski definition) is 4. The molecule has 0 bridgehead atoms. The fourth-order valence-corrected chi connectivity index (χ4v) is 4.07. The van der Waals surface area contributed by atoms with Crippen LogP contribution < -0.4 is 0 Å². The average molecular weight is 329 g/mol. The smallest absolute Gasteiger partial charge is 0.217 e. The van der Waals surface area contributed by atoms with Gasteiger partial charge in [-0.25, -0.2) is 9.36 Å². The number of nitrogens with zero attached hydrogens (tertiary/aromatic N) is 5. The van der Waals surface area contributed by atoms with Gasteiger partial charge in [0, 0.05) is 13.1 Å². The molecule has 23 heavy (non-hydrogen) atoms. The van der Waals surface area contributed by atoms with E-state index in [4.69, 9.17) is 12.2 Å². The lowest BCUT2D eigenvalue weighted by molar-refractivity contribution is 0.186. The molecule has 0 amide bonds. The largest absolute Gasteiger partial charge is 0.280 e. The van der Waals surface area contributed by atoms with Gasteiger partial charge < -0.3 is 0 Å². The third-order valence-corrected chi connectivity index (χ3v) is 5.52. The Morgan fingerprint density at radius 1 is 1.04 bits per heavy atom. The van der Waals surface area contributed by atoms with Crippen molar-refractivity contribution in [3.05, 3.63) is 40.2 Å². The third kappa shape index (κ3) is 3.10. The SMILES string of the molecule is S=c1n(CN2CCc3ccccc3C2)nnn1C1CCCCC1. The van der Waals surface area contributed by atoms with Crippen LogP contribution >= 0.6 is 12.2 Å². The summed E-state index contributed by atoms with van der Waals surface area (Å²) in [5.41, 5.74) is 2.89. The average Bonchev–Trinajstić information content (AvgIpc) is 2.96. The van der Waals surface area contributed by atoms with Crippen LogP contribution in [-0.2, 0) is 19.6 Å². The second-order valence-electron chi connectivity index (χ2n) is 6.71. The van der Waals surface area contributed by atoms with Gasteiger partial charge in [-0.1, -0.05) is 43.5 Å². The molecule has 1 saturated carbocycles. The van der Waals surface area contributed by atoms with E-state index < -0.39 is 0 Å². The fourth-order valence-electron chi connectivity index (χ4n) is 3.79. The molecule has 1 aliphatic heterocycles. The number of tetrazole rings is 1. The Hall–Kier alpha value is -1.53. The van der Waals surface area contributed by atoms with Gasteiger partial charge in [-0.05, 0) is 53.0 Å². The van der Waals surface area contributed by atoms with Crippen molar-refractivity contribution in [2.75, 3.05) is 6.54 Å². The highest BCUT2D eigenvalue weighted by atomic mass is 32.1. The number of aromatic nitrogens is 4. The van der Waals surface area contributed by atoms with Gasteiger partial charge in [-0.15, -0.1) is 0 Å². The van der Waals surface area contributed by atoms with Gasteiger partial charge in [-0.3, -0.25) is 4.90 Å². The second-order valence-corrected chi connectivity index (χ2v) is 7.08. The predicted molar refractivity (Wildman–Crippen MR) is 91.5 cm³/mol. The first-order chi connectivity index (χ1) is 11.3. The summed E-state index contributed by atoms with van der Waals surface area (Å²) in [5, 5.41) is 8.67. The summed E-state index contributed by atoms with van der Waals surface area (Å²) >= 11 is 5.63. The summed E-state index contributed by atoms with van der Waals surface area (Å²) < 4.78 is 4.64. The summed E-state index contributed by atoms with van der Waals surface area (Å²) in [6, 6.07) is 9.15. The van der Waals surface area contributed by atoms with Crippen molar-refractivity contribution >= 4 is 12.2 Å². The molecule has 1 aromatic carbocycles. The molecule has 2 aromatic rings. The quantitative estimate of drug-likeness (QED) is 0.810. The lowest BCUT2D eigenvalue weighted by Gasteiger charge is -2.28. The van der Waals surface area contributed by atoms with Crippen molar-refractivity contribution in [3.63, 3.8) is 0 Å². The summed E-state index contributed by atoms with van der Waals surface area (Å²) in [5.74, 6) is 0. The lowest BCUT2D eigenvalue weighted by atomic mass is 9.96. The summed E-state index contributed by atoms with van der Waals surface area (Å²) in [4.78, 5) is 2.40. The zero-order valence-electron chi connectivity index (χ0n) is 13.4. The van der Waals surface area contributed by atoms with Crippen LogP contribution in [0.4, 0.5) is 0 Å². The first kappa shape index (κ1) is 15.0. The number of benzene rings is 1. The van der Waals surface area contributed by atoms with Gasteiger partial charge in [0.15, 0.2) is 0 Å². The zero-order valence-corrected chi connectivity index (χ0v) is 14.2. The van der Waals surface area contributed by atoms with Crippen LogP contribution in [0.3, 0.4) is 0 Å². The monoisotopic (exact) mass is 329 g/mol. The molecule has 1 fully saturated rings. The maximum absolute atomic E-state index is 5.63. The van der Waals surface area contributed by atoms with E-state index in [0.29, 0.717) is 6.04 Å². The molecule has 0 radical (unpaired) electrons.